The molecule has 1 aliphatic rings. The molecule has 0 saturated carbocycles. The number of morpholine rings is 1. The third-order valence-electron chi connectivity index (χ3n) is 3.97. The molecule has 0 aliphatic carbocycles. The fourth-order valence-electron chi connectivity index (χ4n) is 3.03. The largest absolute Gasteiger partial charge is 0.373 e. The maximum absolute atomic E-state index is 13.6. The lowest BCUT2D eigenvalue weighted by Gasteiger charge is -2.35. The summed E-state index contributed by atoms with van der Waals surface area (Å²) in [6.07, 6.45) is 1.28. The molecule has 7 heteroatoms. The van der Waals surface area contributed by atoms with Gasteiger partial charge in [0.15, 0.2) is 0 Å². The summed E-state index contributed by atoms with van der Waals surface area (Å²) in [4.78, 5) is 25.6. The summed E-state index contributed by atoms with van der Waals surface area (Å²) in [5.74, 6) is -1.23. The minimum atomic E-state index is -0.567. The van der Waals surface area contributed by atoms with E-state index >= 15 is 0 Å². The van der Waals surface area contributed by atoms with Crippen LogP contribution in [0, 0.1) is 5.82 Å². The minimum absolute atomic E-state index is 0.0106. The van der Waals surface area contributed by atoms with E-state index in [1.807, 2.05) is 0 Å². The summed E-state index contributed by atoms with van der Waals surface area (Å²) in [6.45, 7) is 8.63. The maximum Gasteiger partial charge on any atom is 0.251 e. The van der Waals surface area contributed by atoms with Crippen molar-refractivity contribution in [2.24, 2.45) is 0 Å². The molecule has 1 fully saturated rings. The number of rotatable bonds is 6. The predicted octanol–water partition coefficient (Wildman–Crippen LogP) is 2.01. The van der Waals surface area contributed by atoms with Crippen molar-refractivity contribution in [2.75, 3.05) is 31.5 Å². The van der Waals surface area contributed by atoms with Crippen molar-refractivity contribution in [3.05, 3.63) is 29.6 Å². The van der Waals surface area contributed by atoms with Crippen LogP contribution in [0.25, 0.3) is 0 Å². The Hall–Kier alpha value is -1.99. The second kappa shape index (κ2) is 8.92. The first-order valence-corrected chi connectivity index (χ1v) is 8.58. The topological polar surface area (TPSA) is 70.7 Å². The van der Waals surface area contributed by atoms with E-state index in [1.54, 1.807) is 0 Å². The van der Waals surface area contributed by atoms with E-state index < -0.39 is 5.82 Å². The first-order chi connectivity index (χ1) is 11.8. The average Bonchev–Trinajstić information content (AvgIpc) is 2.52. The number of halogens is 1. The number of carbonyl (C=O) groups excluding carboxylic acids is 2. The molecule has 2 amide bonds. The average molecular weight is 351 g/mol. The van der Waals surface area contributed by atoms with Gasteiger partial charge in [-0.1, -0.05) is 0 Å². The second-order valence-corrected chi connectivity index (χ2v) is 6.50. The van der Waals surface area contributed by atoms with Gasteiger partial charge >= 0.3 is 0 Å². The lowest BCUT2D eigenvalue weighted by atomic mass is 10.1. The van der Waals surface area contributed by atoms with Crippen LogP contribution in [0.15, 0.2) is 18.2 Å². The molecule has 1 saturated heterocycles. The van der Waals surface area contributed by atoms with E-state index in [4.69, 9.17) is 4.74 Å². The minimum Gasteiger partial charge on any atom is -0.373 e. The molecule has 1 aliphatic heterocycles. The Bertz CT molecular complexity index is 614. The SMILES string of the molecule is CC(=O)Nc1cc(C(=O)NCCCN2CC(C)OC(C)C2)ccc1F. The molecule has 2 unspecified atom stereocenters. The van der Waals surface area contributed by atoms with Gasteiger partial charge in [-0.15, -0.1) is 0 Å². The highest BCUT2D eigenvalue weighted by Gasteiger charge is 2.21. The highest BCUT2D eigenvalue weighted by Crippen LogP contribution is 2.16. The van der Waals surface area contributed by atoms with Crippen molar-refractivity contribution < 1.29 is 18.7 Å². The van der Waals surface area contributed by atoms with Gasteiger partial charge in [0.25, 0.3) is 5.91 Å². The van der Waals surface area contributed by atoms with Crippen molar-refractivity contribution in [2.45, 2.75) is 39.4 Å². The molecule has 0 radical (unpaired) electrons. The van der Waals surface area contributed by atoms with Gasteiger partial charge in [0, 0.05) is 38.7 Å². The molecule has 1 aromatic carbocycles. The molecule has 1 heterocycles. The zero-order valence-corrected chi connectivity index (χ0v) is 15.0. The van der Waals surface area contributed by atoms with Crippen molar-refractivity contribution in [3.63, 3.8) is 0 Å². The van der Waals surface area contributed by atoms with Gasteiger partial charge in [-0.3, -0.25) is 14.5 Å². The fourth-order valence-corrected chi connectivity index (χ4v) is 3.03. The van der Waals surface area contributed by atoms with Crippen LogP contribution in [0.3, 0.4) is 0 Å². The molecular weight excluding hydrogens is 325 g/mol. The standard InChI is InChI=1S/C18H26FN3O3/c1-12-10-22(11-13(2)25-12)8-4-7-20-18(24)15-5-6-16(19)17(9-15)21-14(3)23/h5-6,9,12-13H,4,7-8,10-11H2,1-3H3,(H,20,24)(H,21,23). The van der Waals surface area contributed by atoms with Crippen molar-refractivity contribution in [1.82, 2.24) is 10.2 Å². The van der Waals surface area contributed by atoms with E-state index in [0.29, 0.717) is 12.1 Å². The monoisotopic (exact) mass is 351 g/mol. The van der Waals surface area contributed by atoms with Crippen molar-refractivity contribution >= 4 is 17.5 Å². The van der Waals surface area contributed by atoms with Gasteiger partial charge in [0.1, 0.15) is 5.82 Å². The summed E-state index contributed by atoms with van der Waals surface area (Å²) in [5, 5.41) is 5.20. The molecule has 25 heavy (non-hydrogen) atoms. The molecule has 0 bridgehead atoms. The van der Waals surface area contributed by atoms with E-state index in [0.717, 1.165) is 26.1 Å². The lowest BCUT2D eigenvalue weighted by Crippen LogP contribution is -2.46. The number of nitrogens with zero attached hydrogens (tertiary/aromatic N) is 1. The highest BCUT2D eigenvalue weighted by molar-refractivity contribution is 5.96. The van der Waals surface area contributed by atoms with Gasteiger partial charge < -0.3 is 15.4 Å². The third kappa shape index (κ3) is 6.10. The molecule has 2 N–H and O–H groups in total. The first-order valence-electron chi connectivity index (χ1n) is 8.58. The van der Waals surface area contributed by atoms with Crippen molar-refractivity contribution in [1.29, 1.82) is 0 Å². The molecule has 138 valence electrons. The predicted molar refractivity (Wildman–Crippen MR) is 94.1 cm³/mol. The van der Waals surface area contributed by atoms with Gasteiger partial charge in [-0.05, 0) is 38.5 Å². The van der Waals surface area contributed by atoms with Gasteiger partial charge in [-0.25, -0.2) is 4.39 Å². The lowest BCUT2D eigenvalue weighted by molar-refractivity contribution is -0.114. The van der Waals surface area contributed by atoms with Crippen LogP contribution in [0.2, 0.25) is 0 Å². The number of ether oxygens (including phenoxy) is 1. The van der Waals surface area contributed by atoms with Crippen LogP contribution in [0.5, 0.6) is 0 Å². The number of nitrogens with one attached hydrogen (secondary N) is 2. The molecule has 0 spiro atoms. The van der Waals surface area contributed by atoms with Crippen LogP contribution < -0.4 is 10.6 Å². The van der Waals surface area contributed by atoms with Gasteiger partial charge in [0.2, 0.25) is 5.91 Å². The quantitative estimate of drug-likeness (QED) is 0.769. The van der Waals surface area contributed by atoms with E-state index in [2.05, 4.69) is 29.4 Å². The smallest absolute Gasteiger partial charge is 0.251 e. The summed E-state index contributed by atoms with van der Waals surface area (Å²) >= 11 is 0. The van der Waals surface area contributed by atoms with Crippen LogP contribution in [-0.2, 0) is 9.53 Å². The normalized spacial score (nSPS) is 21.0. The van der Waals surface area contributed by atoms with Gasteiger partial charge in [-0.2, -0.15) is 0 Å². The van der Waals surface area contributed by atoms with Crippen LogP contribution in [0.1, 0.15) is 37.6 Å². The Morgan fingerprint density at radius 1 is 1.28 bits per heavy atom. The van der Waals surface area contributed by atoms with Crippen LogP contribution in [0.4, 0.5) is 10.1 Å². The summed E-state index contributed by atoms with van der Waals surface area (Å²) in [5.41, 5.74) is 0.329. The summed E-state index contributed by atoms with van der Waals surface area (Å²) in [6, 6.07) is 3.93. The second-order valence-electron chi connectivity index (χ2n) is 6.50. The fraction of sp³-hybridized carbons (Fsp3) is 0.556. The summed E-state index contributed by atoms with van der Waals surface area (Å²) in [7, 11) is 0. The molecule has 1 aromatic rings. The number of anilines is 1. The number of benzene rings is 1. The number of hydrogen-bond donors (Lipinski definition) is 2. The number of hydrogen-bond acceptors (Lipinski definition) is 4. The van der Waals surface area contributed by atoms with Crippen LogP contribution in [-0.4, -0.2) is 55.1 Å². The van der Waals surface area contributed by atoms with Crippen LogP contribution >= 0.6 is 0 Å². The van der Waals surface area contributed by atoms with E-state index in [-0.39, 0.29) is 29.7 Å². The first kappa shape index (κ1) is 19.3. The summed E-state index contributed by atoms with van der Waals surface area (Å²) < 4.78 is 19.3. The molecule has 6 nitrogen and oxygen atoms in total. The Kier molecular flexibility index (Phi) is 6.90. The Balaban J connectivity index is 1.79. The van der Waals surface area contributed by atoms with E-state index in [1.165, 1.54) is 25.1 Å². The Labute approximate surface area is 147 Å². The van der Waals surface area contributed by atoms with E-state index in [9.17, 15) is 14.0 Å². The highest BCUT2D eigenvalue weighted by atomic mass is 19.1. The zero-order valence-electron chi connectivity index (χ0n) is 15.0. The number of carbonyl (C=O) groups is 2. The maximum atomic E-state index is 13.6. The Morgan fingerprint density at radius 3 is 2.60 bits per heavy atom. The molecule has 2 rings (SSSR count). The molecular formula is C18H26FN3O3. The third-order valence-corrected chi connectivity index (χ3v) is 3.97. The Morgan fingerprint density at radius 2 is 1.96 bits per heavy atom. The van der Waals surface area contributed by atoms with Gasteiger partial charge in [0.05, 0.1) is 17.9 Å². The number of amides is 2. The zero-order chi connectivity index (χ0) is 18.4. The molecule has 2 atom stereocenters. The molecule has 0 aromatic heterocycles. The van der Waals surface area contributed by atoms with Crippen molar-refractivity contribution in [3.8, 4) is 0 Å².